The third-order valence-corrected chi connectivity index (χ3v) is 5.64. The number of rotatable bonds is 5. The second-order valence-corrected chi connectivity index (χ2v) is 7.47. The van der Waals surface area contributed by atoms with Crippen LogP contribution in [0.3, 0.4) is 0 Å². The van der Waals surface area contributed by atoms with E-state index in [9.17, 15) is 9.59 Å². The quantitative estimate of drug-likeness (QED) is 0.554. The van der Waals surface area contributed by atoms with Gasteiger partial charge in [0.1, 0.15) is 6.54 Å². The number of amides is 1. The van der Waals surface area contributed by atoms with Crippen molar-refractivity contribution < 1.29 is 14.7 Å². The van der Waals surface area contributed by atoms with E-state index in [1.807, 2.05) is 12.3 Å². The molecule has 5 nitrogen and oxygen atoms in total. The Bertz CT molecular complexity index is 1120. The molecule has 1 amide bonds. The lowest BCUT2D eigenvalue weighted by atomic mass is 9.85. The minimum absolute atomic E-state index is 0.372. The summed E-state index contributed by atoms with van der Waals surface area (Å²) in [4.78, 5) is 26.1. The number of fused-ring (bicyclic) bond motifs is 1. The predicted molar refractivity (Wildman–Crippen MR) is 117 cm³/mol. The number of aromatic nitrogens is 1. The Morgan fingerprint density at radius 2 is 1.69 bits per heavy atom. The lowest BCUT2D eigenvalue weighted by Crippen LogP contribution is -2.29. The molecule has 29 heavy (non-hydrogen) atoms. The van der Waals surface area contributed by atoms with Gasteiger partial charge in [-0.05, 0) is 103 Å². The van der Waals surface area contributed by atoms with Gasteiger partial charge in [-0.2, -0.15) is 0 Å². The maximum absolute atomic E-state index is 12.2. The number of benzene rings is 2. The molecule has 150 valence electrons. The monoisotopic (exact) mass is 390 g/mol. The van der Waals surface area contributed by atoms with E-state index >= 15 is 0 Å². The van der Waals surface area contributed by atoms with E-state index in [0.717, 1.165) is 22.2 Å². The highest BCUT2D eigenvalue weighted by molar-refractivity contribution is 5.99. The van der Waals surface area contributed by atoms with Crippen LogP contribution in [-0.4, -0.2) is 28.5 Å². The molecule has 0 unspecified atom stereocenters. The van der Waals surface area contributed by atoms with Gasteiger partial charge in [-0.3, -0.25) is 9.59 Å². The van der Waals surface area contributed by atoms with Gasteiger partial charge >= 0.3 is 5.97 Å². The lowest BCUT2D eigenvalue weighted by molar-refractivity contribution is -0.137. The number of carboxylic acids is 1. The topological polar surface area (TPSA) is 82.2 Å². The van der Waals surface area contributed by atoms with Crippen molar-refractivity contribution >= 4 is 28.9 Å². The Kier molecular flexibility index (Phi) is 5.59. The maximum Gasteiger partial charge on any atom is 0.322 e. The fourth-order valence-electron chi connectivity index (χ4n) is 3.78. The molecule has 0 aliphatic rings. The number of carbonyl (C=O) groups is 2. The SMILES string of the molecule is CC(=Cc1c(C)c(C)c(-c2ccc3[nH]ccc3c2)c(C)c1C)C(=O)NCC(=O)O. The summed E-state index contributed by atoms with van der Waals surface area (Å²) in [7, 11) is 0. The number of aliphatic carboxylic acids is 1. The van der Waals surface area contributed by atoms with Gasteiger partial charge < -0.3 is 15.4 Å². The summed E-state index contributed by atoms with van der Waals surface area (Å²) >= 11 is 0. The first kappa shape index (κ1) is 20.4. The number of hydrogen-bond acceptors (Lipinski definition) is 2. The Morgan fingerprint density at radius 1 is 1.03 bits per heavy atom. The summed E-state index contributed by atoms with van der Waals surface area (Å²) in [6, 6.07) is 8.49. The molecule has 5 heteroatoms. The lowest BCUT2D eigenvalue weighted by Gasteiger charge is -2.20. The highest BCUT2D eigenvalue weighted by atomic mass is 16.4. The number of carbonyl (C=O) groups excluding carboxylic acids is 1. The molecular formula is C24H26N2O3. The van der Waals surface area contributed by atoms with Gasteiger partial charge in [-0.25, -0.2) is 0 Å². The Labute approximate surface area is 170 Å². The zero-order valence-electron chi connectivity index (χ0n) is 17.4. The third-order valence-electron chi connectivity index (χ3n) is 5.64. The van der Waals surface area contributed by atoms with Crippen molar-refractivity contribution in [2.75, 3.05) is 6.54 Å². The fourth-order valence-corrected chi connectivity index (χ4v) is 3.78. The Balaban J connectivity index is 2.07. The zero-order valence-corrected chi connectivity index (χ0v) is 17.4. The van der Waals surface area contributed by atoms with Crippen LogP contribution in [0, 0.1) is 27.7 Å². The Morgan fingerprint density at radius 3 is 2.31 bits per heavy atom. The molecule has 0 aliphatic carbocycles. The summed E-state index contributed by atoms with van der Waals surface area (Å²) in [5.41, 5.74) is 9.57. The first-order valence-corrected chi connectivity index (χ1v) is 9.57. The van der Waals surface area contributed by atoms with E-state index in [2.05, 4.69) is 62.3 Å². The van der Waals surface area contributed by atoms with Gasteiger partial charge in [0.05, 0.1) is 0 Å². The molecule has 3 aromatic rings. The van der Waals surface area contributed by atoms with E-state index in [1.165, 1.54) is 27.6 Å². The van der Waals surface area contributed by atoms with Gasteiger partial charge in [0.2, 0.25) is 5.91 Å². The van der Waals surface area contributed by atoms with Crippen molar-refractivity contribution in [3.63, 3.8) is 0 Å². The summed E-state index contributed by atoms with van der Waals surface area (Å²) in [6.07, 6.45) is 3.79. The largest absolute Gasteiger partial charge is 0.480 e. The molecule has 2 aromatic carbocycles. The molecule has 0 bridgehead atoms. The molecular weight excluding hydrogens is 364 g/mol. The van der Waals surface area contributed by atoms with Gasteiger partial charge in [0.15, 0.2) is 0 Å². The minimum atomic E-state index is -1.06. The van der Waals surface area contributed by atoms with Crippen molar-refractivity contribution in [3.8, 4) is 11.1 Å². The molecule has 0 radical (unpaired) electrons. The van der Waals surface area contributed by atoms with Crippen LogP contribution in [0.5, 0.6) is 0 Å². The summed E-state index contributed by atoms with van der Waals surface area (Å²) < 4.78 is 0. The van der Waals surface area contributed by atoms with Crippen LogP contribution < -0.4 is 5.32 Å². The fraction of sp³-hybridized carbons (Fsp3) is 0.250. The molecule has 0 spiro atoms. The van der Waals surface area contributed by atoms with E-state index in [1.54, 1.807) is 6.92 Å². The van der Waals surface area contributed by atoms with E-state index < -0.39 is 5.97 Å². The molecule has 0 aliphatic heterocycles. The molecule has 0 saturated carbocycles. The zero-order chi connectivity index (χ0) is 21.3. The average molecular weight is 390 g/mol. The third kappa shape index (κ3) is 3.94. The van der Waals surface area contributed by atoms with Crippen LogP contribution in [0.15, 0.2) is 36.0 Å². The smallest absolute Gasteiger partial charge is 0.322 e. The van der Waals surface area contributed by atoms with Crippen LogP contribution >= 0.6 is 0 Å². The maximum atomic E-state index is 12.2. The normalized spacial score (nSPS) is 11.7. The van der Waals surface area contributed by atoms with Crippen LogP contribution in [0.4, 0.5) is 0 Å². The number of aromatic amines is 1. The molecule has 1 heterocycles. The molecule has 3 N–H and O–H groups in total. The number of carboxylic acid groups (broad SMARTS) is 1. The van der Waals surface area contributed by atoms with Crippen LogP contribution in [0.2, 0.25) is 0 Å². The van der Waals surface area contributed by atoms with Crippen LogP contribution in [-0.2, 0) is 9.59 Å². The highest BCUT2D eigenvalue weighted by Crippen LogP contribution is 2.36. The van der Waals surface area contributed by atoms with Crippen molar-refractivity contribution in [2.45, 2.75) is 34.6 Å². The standard InChI is InChI=1S/C24H26N2O3/c1-13(24(29)26-12-22(27)28)10-20-14(2)16(4)23(17(5)15(20)3)19-6-7-21-18(11-19)8-9-25-21/h6-11,25H,12H2,1-5H3,(H,26,29)(H,27,28). The summed E-state index contributed by atoms with van der Waals surface area (Å²) in [5, 5.41) is 12.3. The minimum Gasteiger partial charge on any atom is -0.480 e. The molecule has 1 aromatic heterocycles. The van der Waals surface area contributed by atoms with Crippen molar-refractivity contribution in [3.05, 3.63) is 63.9 Å². The van der Waals surface area contributed by atoms with Gasteiger partial charge in [-0.1, -0.05) is 6.07 Å². The first-order valence-electron chi connectivity index (χ1n) is 9.57. The van der Waals surface area contributed by atoms with Crippen molar-refractivity contribution in [2.24, 2.45) is 0 Å². The molecule has 0 fully saturated rings. The van der Waals surface area contributed by atoms with Crippen molar-refractivity contribution in [1.29, 1.82) is 0 Å². The number of nitrogens with one attached hydrogen (secondary N) is 2. The second-order valence-electron chi connectivity index (χ2n) is 7.47. The Hall–Kier alpha value is -3.34. The predicted octanol–water partition coefficient (Wildman–Crippen LogP) is 4.67. The molecule has 0 atom stereocenters. The van der Waals surface area contributed by atoms with Gasteiger partial charge in [-0.15, -0.1) is 0 Å². The van der Waals surface area contributed by atoms with Crippen LogP contribution in [0.1, 0.15) is 34.7 Å². The van der Waals surface area contributed by atoms with Gasteiger partial charge in [0, 0.05) is 17.3 Å². The molecule has 0 saturated heterocycles. The average Bonchev–Trinajstić information content (AvgIpc) is 3.15. The van der Waals surface area contributed by atoms with E-state index in [0.29, 0.717) is 5.57 Å². The summed E-state index contributed by atoms with van der Waals surface area (Å²) in [5.74, 6) is -1.43. The molecule has 3 rings (SSSR count). The van der Waals surface area contributed by atoms with E-state index in [4.69, 9.17) is 5.11 Å². The van der Waals surface area contributed by atoms with Crippen molar-refractivity contribution in [1.82, 2.24) is 10.3 Å². The van der Waals surface area contributed by atoms with Gasteiger partial charge in [0.25, 0.3) is 0 Å². The van der Waals surface area contributed by atoms with E-state index in [-0.39, 0.29) is 12.5 Å². The summed E-state index contributed by atoms with van der Waals surface area (Å²) in [6.45, 7) is 9.66. The van der Waals surface area contributed by atoms with Crippen LogP contribution in [0.25, 0.3) is 28.1 Å². The highest BCUT2D eigenvalue weighted by Gasteiger charge is 2.16. The second kappa shape index (κ2) is 7.95. The number of H-pyrrole nitrogens is 1. The first-order chi connectivity index (χ1) is 13.7. The number of hydrogen-bond donors (Lipinski definition) is 3.